The topological polar surface area (TPSA) is 30.0 Å². The van der Waals surface area contributed by atoms with Crippen LogP contribution in [0.25, 0.3) is 16.5 Å². The number of pyridine rings is 1. The first kappa shape index (κ1) is 13.5. The second kappa shape index (κ2) is 5.51. The summed E-state index contributed by atoms with van der Waals surface area (Å²) in [5.74, 6) is -0.0984. The van der Waals surface area contributed by atoms with Gasteiger partial charge in [-0.2, -0.15) is 0 Å². The quantitative estimate of drug-likeness (QED) is 0.513. The Morgan fingerprint density at radius 1 is 1.00 bits per heavy atom. The second-order valence-corrected chi connectivity index (χ2v) is 5.17. The van der Waals surface area contributed by atoms with Gasteiger partial charge in [-0.3, -0.25) is 9.78 Å². The number of carbonyl (C=O) groups is 1. The zero-order valence-electron chi connectivity index (χ0n) is 11.2. The Morgan fingerprint density at radius 3 is 2.52 bits per heavy atom. The standard InChI is InChI=1S/C18H12ClNO/c1-12(18(21)13-5-3-2-4-6-13)15-9-14-10-16(19)7-8-17(14)20-11-15/h2-11H,1H2. The Hall–Kier alpha value is -2.45. The van der Waals surface area contributed by atoms with Gasteiger partial charge < -0.3 is 0 Å². The Balaban J connectivity index is 2.00. The molecule has 0 spiro atoms. The van der Waals surface area contributed by atoms with E-state index in [0.717, 1.165) is 10.9 Å². The van der Waals surface area contributed by atoms with Crippen molar-refractivity contribution in [2.45, 2.75) is 0 Å². The summed E-state index contributed by atoms with van der Waals surface area (Å²) in [5, 5.41) is 1.53. The first-order chi connectivity index (χ1) is 10.1. The molecule has 0 saturated heterocycles. The molecule has 0 N–H and O–H groups in total. The van der Waals surface area contributed by atoms with E-state index in [0.29, 0.717) is 21.7 Å². The Labute approximate surface area is 127 Å². The van der Waals surface area contributed by atoms with Crippen LogP contribution in [0.4, 0.5) is 0 Å². The molecule has 0 bridgehead atoms. The highest BCUT2D eigenvalue weighted by atomic mass is 35.5. The van der Waals surface area contributed by atoms with E-state index in [1.807, 2.05) is 36.4 Å². The fraction of sp³-hybridized carbons (Fsp3) is 0. The summed E-state index contributed by atoms with van der Waals surface area (Å²) >= 11 is 5.99. The predicted molar refractivity (Wildman–Crippen MR) is 86.6 cm³/mol. The van der Waals surface area contributed by atoms with Crippen LogP contribution >= 0.6 is 11.6 Å². The van der Waals surface area contributed by atoms with E-state index in [1.165, 1.54) is 0 Å². The number of benzene rings is 2. The van der Waals surface area contributed by atoms with E-state index in [1.54, 1.807) is 24.4 Å². The van der Waals surface area contributed by atoms with E-state index in [-0.39, 0.29) is 5.78 Å². The van der Waals surface area contributed by atoms with Crippen LogP contribution < -0.4 is 0 Å². The van der Waals surface area contributed by atoms with Gasteiger partial charge in [-0.1, -0.05) is 48.5 Å². The van der Waals surface area contributed by atoms with Crippen molar-refractivity contribution in [3.63, 3.8) is 0 Å². The average molecular weight is 294 g/mol. The highest BCUT2D eigenvalue weighted by Gasteiger charge is 2.12. The minimum Gasteiger partial charge on any atom is -0.289 e. The maximum absolute atomic E-state index is 12.4. The monoisotopic (exact) mass is 293 g/mol. The van der Waals surface area contributed by atoms with Gasteiger partial charge in [-0.05, 0) is 24.3 Å². The molecule has 0 amide bonds. The van der Waals surface area contributed by atoms with Crippen molar-refractivity contribution in [2.24, 2.45) is 0 Å². The van der Waals surface area contributed by atoms with Gasteiger partial charge >= 0.3 is 0 Å². The molecule has 0 aliphatic heterocycles. The number of allylic oxidation sites excluding steroid dienone is 1. The summed E-state index contributed by atoms with van der Waals surface area (Å²) in [7, 11) is 0. The third kappa shape index (κ3) is 2.71. The molecular weight excluding hydrogens is 282 g/mol. The summed E-state index contributed by atoms with van der Waals surface area (Å²) in [5.41, 5.74) is 2.59. The van der Waals surface area contributed by atoms with E-state index < -0.39 is 0 Å². The minimum absolute atomic E-state index is 0.0984. The van der Waals surface area contributed by atoms with Crippen LogP contribution in [-0.2, 0) is 0 Å². The minimum atomic E-state index is -0.0984. The maximum Gasteiger partial charge on any atom is 0.193 e. The lowest BCUT2D eigenvalue weighted by molar-refractivity contribution is 0.105. The molecule has 0 fully saturated rings. The molecule has 0 unspecified atom stereocenters. The Bertz CT molecular complexity index is 840. The van der Waals surface area contributed by atoms with E-state index in [9.17, 15) is 4.79 Å². The van der Waals surface area contributed by atoms with Crippen molar-refractivity contribution in [1.82, 2.24) is 4.98 Å². The van der Waals surface area contributed by atoms with Gasteiger partial charge in [0.2, 0.25) is 0 Å². The van der Waals surface area contributed by atoms with Gasteiger partial charge in [0.05, 0.1) is 5.52 Å². The fourth-order valence-electron chi connectivity index (χ4n) is 2.16. The zero-order chi connectivity index (χ0) is 14.8. The summed E-state index contributed by atoms with van der Waals surface area (Å²) in [6, 6.07) is 16.4. The molecule has 102 valence electrons. The van der Waals surface area contributed by atoms with E-state index >= 15 is 0 Å². The van der Waals surface area contributed by atoms with Crippen molar-refractivity contribution in [1.29, 1.82) is 0 Å². The van der Waals surface area contributed by atoms with Crippen molar-refractivity contribution in [3.8, 4) is 0 Å². The highest BCUT2D eigenvalue weighted by Crippen LogP contribution is 2.23. The molecule has 0 atom stereocenters. The summed E-state index contributed by atoms with van der Waals surface area (Å²) in [4.78, 5) is 16.7. The van der Waals surface area contributed by atoms with Gasteiger partial charge in [-0.15, -0.1) is 0 Å². The van der Waals surface area contributed by atoms with Gasteiger partial charge in [0, 0.05) is 33.3 Å². The molecule has 21 heavy (non-hydrogen) atoms. The number of fused-ring (bicyclic) bond motifs is 1. The molecule has 3 heteroatoms. The molecule has 0 saturated carbocycles. The normalized spacial score (nSPS) is 10.5. The van der Waals surface area contributed by atoms with Crippen LogP contribution in [0.1, 0.15) is 15.9 Å². The number of halogens is 1. The van der Waals surface area contributed by atoms with Crippen molar-refractivity contribution in [3.05, 3.63) is 83.5 Å². The molecule has 3 aromatic rings. The molecule has 0 aliphatic rings. The SMILES string of the molecule is C=C(C(=O)c1ccccc1)c1cnc2ccc(Cl)cc2c1. The first-order valence-corrected chi connectivity index (χ1v) is 6.87. The molecule has 3 rings (SSSR count). The Kier molecular flexibility index (Phi) is 3.55. The average Bonchev–Trinajstić information content (AvgIpc) is 2.53. The van der Waals surface area contributed by atoms with Crippen LogP contribution in [0, 0.1) is 0 Å². The summed E-state index contributed by atoms with van der Waals surface area (Å²) < 4.78 is 0. The number of Topliss-reactive ketones (excluding diaryl/α,β-unsaturated/α-hetero) is 1. The lowest BCUT2D eigenvalue weighted by Gasteiger charge is -2.06. The number of rotatable bonds is 3. The van der Waals surface area contributed by atoms with Crippen molar-refractivity contribution < 1.29 is 4.79 Å². The third-order valence-electron chi connectivity index (χ3n) is 3.30. The van der Waals surface area contributed by atoms with Gasteiger partial charge in [0.25, 0.3) is 0 Å². The number of aromatic nitrogens is 1. The lowest BCUT2D eigenvalue weighted by Crippen LogP contribution is -2.01. The molecule has 2 nitrogen and oxygen atoms in total. The van der Waals surface area contributed by atoms with E-state index in [2.05, 4.69) is 11.6 Å². The lowest BCUT2D eigenvalue weighted by atomic mass is 9.98. The first-order valence-electron chi connectivity index (χ1n) is 6.49. The largest absolute Gasteiger partial charge is 0.289 e. The molecule has 0 aliphatic carbocycles. The van der Waals surface area contributed by atoms with Gasteiger partial charge in [0.1, 0.15) is 0 Å². The number of hydrogen-bond acceptors (Lipinski definition) is 2. The number of nitrogens with zero attached hydrogens (tertiary/aromatic N) is 1. The molecule has 1 heterocycles. The maximum atomic E-state index is 12.4. The van der Waals surface area contributed by atoms with Crippen molar-refractivity contribution in [2.75, 3.05) is 0 Å². The Morgan fingerprint density at radius 2 is 1.76 bits per heavy atom. The molecule has 2 aromatic carbocycles. The number of ketones is 1. The van der Waals surface area contributed by atoms with Crippen LogP contribution in [0.3, 0.4) is 0 Å². The third-order valence-corrected chi connectivity index (χ3v) is 3.54. The van der Waals surface area contributed by atoms with Crippen LogP contribution in [0.5, 0.6) is 0 Å². The van der Waals surface area contributed by atoms with Gasteiger partial charge in [0.15, 0.2) is 5.78 Å². The van der Waals surface area contributed by atoms with Crippen molar-refractivity contribution >= 4 is 33.9 Å². The summed E-state index contributed by atoms with van der Waals surface area (Å²) in [6.45, 7) is 3.91. The molecular formula is C18H12ClNO. The number of hydrogen-bond donors (Lipinski definition) is 0. The van der Waals surface area contributed by atoms with Crippen LogP contribution in [-0.4, -0.2) is 10.8 Å². The van der Waals surface area contributed by atoms with Crippen LogP contribution in [0.2, 0.25) is 5.02 Å². The highest BCUT2D eigenvalue weighted by molar-refractivity contribution is 6.31. The molecule has 1 aromatic heterocycles. The second-order valence-electron chi connectivity index (χ2n) is 4.73. The molecule has 0 radical (unpaired) electrons. The fourth-order valence-corrected chi connectivity index (χ4v) is 2.34. The predicted octanol–water partition coefficient (Wildman–Crippen LogP) is 4.78. The zero-order valence-corrected chi connectivity index (χ0v) is 12.0. The van der Waals surface area contributed by atoms with Gasteiger partial charge in [-0.25, -0.2) is 0 Å². The summed E-state index contributed by atoms with van der Waals surface area (Å²) in [6.07, 6.45) is 1.67. The van der Waals surface area contributed by atoms with Crippen LogP contribution in [0.15, 0.2) is 67.4 Å². The van der Waals surface area contributed by atoms with E-state index in [4.69, 9.17) is 11.6 Å². The number of carbonyl (C=O) groups excluding carboxylic acids is 1. The smallest absolute Gasteiger partial charge is 0.193 e.